The number of alkyl halides is 3. The van der Waals surface area contributed by atoms with Crippen LogP contribution in [-0.4, -0.2) is 19.5 Å². The number of hydrogen-bond acceptors (Lipinski definition) is 4. The first-order chi connectivity index (χ1) is 15.4. The van der Waals surface area contributed by atoms with Crippen LogP contribution in [0.25, 0.3) is 11.3 Å². The van der Waals surface area contributed by atoms with Gasteiger partial charge in [-0.2, -0.15) is 13.2 Å². The molecule has 0 radical (unpaired) electrons. The van der Waals surface area contributed by atoms with Crippen molar-refractivity contribution in [2.45, 2.75) is 12.8 Å². The van der Waals surface area contributed by atoms with Gasteiger partial charge in [0.25, 0.3) is 0 Å². The molecule has 0 unspecified atom stereocenters. The molecule has 0 amide bonds. The highest BCUT2D eigenvalue weighted by atomic mass is 19.4. The van der Waals surface area contributed by atoms with E-state index in [1.54, 1.807) is 61.7 Å². The Morgan fingerprint density at radius 2 is 1.72 bits per heavy atom. The number of ketones is 1. The second-order valence-electron chi connectivity index (χ2n) is 7.13. The molecule has 3 aromatic rings. The third kappa shape index (κ3) is 4.46. The number of methoxy groups -OCH3 is 1. The van der Waals surface area contributed by atoms with E-state index in [9.17, 15) is 18.0 Å². The van der Waals surface area contributed by atoms with Crippen molar-refractivity contribution in [2.24, 2.45) is 0 Å². The Hall–Kier alpha value is -3.74. The molecule has 0 fully saturated rings. The first-order valence-corrected chi connectivity index (χ1v) is 9.80. The highest BCUT2D eigenvalue weighted by molar-refractivity contribution is 6.28. The molecule has 0 aliphatic carbocycles. The number of rotatable bonds is 5. The molecule has 0 spiro atoms. The SMILES string of the molecule is COc1ccc(C2=C(OCc3cccc(C(F)(F)F)c3)c3ccccc3OCC2=O)cc1. The molecule has 0 saturated heterocycles. The average molecular weight is 440 g/mol. The van der Waals surface area contributed by atoms with E-state index < -0.39 is 11.7 Å². The molecule has 0 bridgehead atoms. The number of fused-ring (bicyclic) bond motifs is 1. The van der Waals surface area contributed by atoms with E-state index in [0.29, 0.717) is 33.8 Å². The summed E-state index contributed by atoms with van der Waals surface area (Å²) in [6.07, 6.45) is -4.46. The van der Waals surface area contributed by atoms with E-state index in [1.807, 2.05) is 0 Å². The Morgan fingerprint density at radius 3 is 2.44 bits per heavy atom. The Kier molecular flexibility index (Phi) is 5.90. The highest BCUT2D eigenvalue weighted by Gasteiger charge is 2.31. The number of benzene rings is 3. The van der Waals surface area contributed by atoms with Crippen molar-refractivity contribution in [2.75, 3.05) is 13.7 Å². The predicted molar refractivity (Wildman–Crippen MR) is 113 cm³/mol. The van der Waals surface area contributed by atoms with Gasteiger partial charge in [0, 0.05) is 0 Å². The molecule has 0 N–H and O–H groups in total. The topological polar surface area (TPSA) is 44.8 Å². The number of Topliss-reactive ketones (excluding diaryl/α,β-unsaturated/α-hetero) is 1. The number of carbonyl (C=O) groups excluding carboxylic acids is 1. The quantitative estimate of drug-likeness (QED) is 0.506. The fourth-order valence-corrected chi connectivity index (χ4v) is 3.45. The van der Waals surface area contributed by atoms with Crippen LogP contribution in [0.4, 0.5) is 13.2 Å². The van der Waals surface area contributed by atoms with E-state index in [1.165, 1.54) is 6.07 Å². The first-order valence-electron chi connectivity index (χ1n) is 9.80. The molecule has 7 heteroatoms. The summed E-state index contributed by atoms with van der Waals surface area (Å²) in [7, 11) is 1.54. The van der Waals surface area contributed by atoms with Crippen molar-refractivity contribution in [3.8, 4) is 11.5 Å². The standard InChI is InChI=1S/C25H19F3O4/c1-30-19-11-9-17(10-12-19)23-21(29)15-31-22-8-3-2-7-20(22)24(23)32-14-16-5-4-6-18(13-16)25(26,27)28/h2-13H,14-15H2,1H3. The maximum absolute atomic E-state index is 13.1. The first kappa shape index (κ1) is 21.5. The molecular weight excluding hydrogens is 421 g/mol. The lowest BCUT2D eigenvalue weighted by molar-refractivity contribution is -0.137. The average Bonchev–Trinajstić information content (AvgIpc) is 2.94. The molecule has 0 atom stereocenters. The van der Waals surface area contributed by atoms with Crippen molar-refractivity contribution >= 4 is 17.1 Å². The van der Waals surface area contributed by atoms with Gasteiger partial charge in [0.05, 0.1) is 23.8 Å². The number of para-hydroxylation sites is 1. The normalized spacial score (nSPS) is 13.8. The predicted octanol–water partition coefficient (Wildman–Crippen LogP) is 5.76. The highest BCUT2D eigenvalue weighted by Crippen LogP contribution is 2.37. The summed E-state index contributed by atoms with van der Waals surface area (Å²) in [6.45, 7) is -0.338. The molecule has 4 nitrogen and oxygen atoms in total. The maximum Gasteiger partial charge on any atom is 0.416 e. The van der Waals surface area contributed by atoms with Crippen LogP contribution >= 0.6 is 0 Å². The van der Waals surface area contributed by atoms with Crippen LogP contribution in [-0.2, 0) is 22.3 Å². The van der Waals surface area contributed by atoms with Crippen molar-refractivity contribution in [1.82, 2.24) is 0 Å². The van der Waals surface area contributed by atoms with Crippen molar-refractivity contribution in [1.29, 1.82) is 0 Å². The molecule has 1 aliphatic rings. The summed E-state index contributed by atoms with van der Waals surface area (Å²) in [6, 6.07) is 18.8. The van der Waals surface area contributed by atoms with E-state index in [2.05, 4.69) is 0 Å². The van der Waals surface area contributed by atoms with Crippen molar-refractivity contribution < 1.29 is 32.2 Å². The summed E-state index contributed by atoms with van der Waals surface area (Å²) in [5, 5.41) is 0. The lowest BCUT2D eigenvalue weighted by atomic mass is 9.97. The molecule has 4 rings (SSSR count). The Bertz CT molecular complexity index is 1160. The monoisotopic (exact) mass is 440 g/mol. The largest absolute Gasteiger partial charge is 0.497 e. The fourth-order valence-electron chi connectivity index (χ4n) is 3.45. The van der Waals surface area contributed by atoms with E-state index >= 15 is 0 Å². The van der Waals surface area contributed by atoms with Crippen molar-refractivity contribution in [3.05, 3.63) is 95.1 Å². The second kappa shape index (κ2) is 8.78. The van der Waals surface area contributed by atoms with Crippen LogP contribution in [0.3, 0.4) is 0 Å². The minimum absolute atomic E-state index is 0.152. The fraction of sp³-hybridized carbons (Fsp3) is 0.160. The van der Waals surface area contributed by atoms with Crippen LogP contribution in [0.2, 0.25) is 0 Å². The van der Waals surface area contributed by atoms with Crippen LogP contribution in [0.1, 0.15) is 22.3 Å². The summed E-state index contributed by atoms with van der Waals surface area (Å²) < 4.78 is 56.1. The van der Waals surface area contributed by atoms with Gasteiger partial charge >= 0.3 is 6.18 Å². The van der Waals surface area contributed by atoms with Crippen LogP contribution in [0.5, 0.6) is 11.5 Å². The number of halogens is 3. The lowest BCUT2D eigenvalue weighted by Crippen LogP contribution is -2.12. The summed E-state index contributed by atoms with van der Waals surface area (Å²) in [5.41, 5.74) is 1.01. The van der Waals surface area contributed by atoms with Gasteiger partial charge < -0.3 is 14.2 Å². The molecule has 3 aromatic carbocycles. The van der Waals surface area contributed by atoms with Gasteiger partial charge in [0.2, 0.25) is 5.78 Å². The van der Waals surface area contributed by atoms with Gasteiger partial charge in [0.1, 0.15) is 23.9 Å². The zero-order valence-electron chi connectivity index (χ0n) is 17.1. The summed E-state index contributed by atoms with van der Waals surface area (Å²) in [5.74, 6) is 1.04. The molecule has 1 aliphatic heterocycles. The zero-order chi connectivity index (χ0) is 22.7. The van der Waals surface area contributed by atoms with E-state index in [4.69, 9.17) is 14.2 Å². The van der Waals surface area contributed by atoms with Gasteiger partial charge in [-0.1, -0.05) is 36.4 Å². The van der Waals surface area contributed by atoms with E-state index in [0.717, 1.165) is 12.1 Å². The Morgan fingerprint density at radius 1 is 0.969 bits per heavy atom. The van der Waals surface area contributed by atoms with Gasteiger partial charge in [-0.3, -0.25) is 4.79 Å². The Labute approximate surface area is 182 Å². The minimum atomic E-state index is -4.46. The van der Waals surface area contributed by atoms with Gasteiger partial charge in [-0.15, -0.1) is 0 Å². The van der Waals surface area contributed by atoms with Gasteiger partial charge in [0.15, 0.2) is 6.61 Å². The number of hydrogen-bond donors (Lipinski definition) is 0. The Balaban J connectivity index is 1.78. The smallest absolute Gasteiger partial charge is 0.416 e. The molecule has 0 aromatic heterocycles. The maximum atomic E-state index is 13.1. The third-order valence-electron chi connectivity index (χ3n) is 5.01. The van der Waals surface area contributed by atoms with Crippen LogP contribution < -0.4 is 9.47 Å². The minimum Gasteiger partial charge on any atom is -0.497 e. The number of ether oxygens (including phenoxy) is 3. The molecule has 0 saturated carbocycles. The van der Waals surface area contributed by atoms with Crippen molar-refractivity contribution in [3.63, 3.8) is 0 Å². The lowest BCUT2D eigenvalue weighted by Gasteiger charge is -2.16. The zero-order valence-corrected chi connectivity index (χ0v) is 17.1. The molecule has 32 heavy (non-hydrogen) atoms. The van der Waals surface area contributed by atoms with Crippen LogP contribution in [0.15, 0.2) is 72.8 Å². The van der Waals surface area contributed by atoms with Crippen LogP contribution in [0, 0.1) is 0 Å². The molecular formula is C25H19F3O4. The third-order valence-corrected chi connectivity index (χ3v) is 5.01. The van der Waals surface area contributed by atoms with Gasteiger partial charge in [-0.05, 0) is 47.5 Å². The number of carbonyl (C=O) groups is 1. The molecule has 164 valence electrons. The summed E-state index contributed by atoms with van der Waals surface area (Å²) >= 11 is 0. The van der Waals surface area contributed by atoms with Gasteiger partial charge in [-0.25, -0.2) is 0 Å². The molecule has 1 heterocycles. The second-order valence-corrected chi connectivity index (χ2v) is 7.13. The van der Waals surface area contributed by atoms with E-state index in [-0.39, 0.29) is 24.8 Å². The summed E-state index contributed by atoms with van der Waals surface area (Å²) in [4.78, 5) is 13.0.